The third kappa shape index (κ3) is 7.43. The molecule has 0 aliphatic rings. The molecule has 0 fully saturated rings. The van der Waals surface area contributed by atoms with E-state index >= 15 is 0 Å². The van der Waals surface area contributed by atoms with Crippen molar-refractivity contribution in [2.24, 2.45) is 5.10 Å². The third-order valence-electron chi connectivity index (χ3n) is 5.88. The molecule has 0 radical (unpaired) electrons. The quantitative estimate of drug-likeness (QED) is 0.124. The molecule has 4 aromatic carbocycles. The summed E-state index contributed by atoms with van der Waals surface area (Å²) < 4.78 is 11.3. The van der Waals surface area contributed by atoms with E-state index in [1.54, 1.807) is 30.3 Å². The van der Waals surface area contributed by atoms with E-state index in [1.165, 1.54) is 24.7 Å². The second-order valence-electron chi connectivity index (χ2n) is 8.76. The number of carbonyl (C=O) groups excluding carboxylic acids is 1. The number of carbonyl (C=O) groups is 1. The van der Waals surface area contributed by atoms with Gasteiger partial charge in [0.2, 0.25) is 0 Å². The number of amides is 1. The number of hydrogen-bond acceptors (Lipinski definition) is 7. The van der Waals surface area contributed by atoms with Gasteiger partial charge in [0, 0.05) is 27.2 Å². The van der Waals surface area contributed by atoms with Crippen LogP contribution >= 0.6 is 34.5 Å². The first-order chi connectivity index (χ1) is 20.0. The number of nitrogens with zero attached hydrogens (tertiary/aromatic N) is 2. The van der Waals surface area contributed by atoms with Crippen LogP contribution in [0.5, 0.6) is 11.5 Å². The minimum Gasteiger partial charge on any atom is -0.493 e. The molecule has 0 aliphatic heterocycles. The molecule has 10 heteroatoms. The van der Waals surface area contributed by atoms with Crippen molar-refractivity contribution in [2.75, 3.05) is 12.4 Å². The van der Waals surface area contributed by atoms with Gasteiger partial charge in [0.1, 0.15) is 6.61 Å². The molecule has 0 aliphatic carbocycles. The minimum atomic E-state index is -0.350. The second-order valence-corrected chi connectivity index (χ2v) is 10.5. The largest absolute Gasteiger partial charge is 0.493 e. The third-order valence-corrected chi connectivity index (χ3v) is 7.15. The number of ether oxygens (including phenoxy) is 2. The van der Waals surface area contributed by atoms with Crippen LogP contribution in [-0.2, 0) is 6.61 Å². The molecule has 0 bridgehead atoms. The highest BCUT2D eigenvalue weighted by atomic mass is 35.5. The Hall–Kier alpha value is -4.37. The zero-order valence-corrected chi connectivity index (χ0v) is 24.1. The van der Waals surface area contributed by atoms with Crippen LogP contribution in [0, 0.1) is 0 Å². The van der Waals surface area contributed by atoms with E-state index in [4.69, 9.17) is 32.7 Å². The lowest BCUT2D eigenvalue weighted by Gasteiger charge is -2.13. The van der Waals surface area contributed by atoms with Gasteiger partial charge >= 0.3 is 0 Å². The first kappa shape index (κ1) is 28.2. The number of halogens is 2. The molecular formula is C31H24Cl2N4O3S. The Labute approximate surface area is 251 Å². The van der Waals surface area contributed by atoms with E-state index in [-0.39, 0.29) is 12.5 Å². The predicted molar refractivity (Wildman–Crippen MR) is 166 cm³/mol. The molecule has 2 N–H and O–H groups in total. The summed E-state index contributed by atoms with van der Waals surface area (Å²) in [5, 5.41) is 11.1. The summed E-state index contributed by atoms with van der Waals surface area (Å²) in [5.41, 5.74) is 7.23. The molecule has 1 aromatic heterocycles. The Bertz CT molecular complexity index is 1680. The van der Waals surface area contributed by atoms with Crippen LogP contribution in [-0.4, -0.2) is 24.2 Å². The van der Waals surface area contributed by atoms with Crippen LogP contribution in [0.1, 0.15) is 21.5 Å². The van der Waals surface area contributed by atoms with Gasteiger partial charge in [0.15, 0.2) is 16.6 Å². The van der Waals surface area contributed by atoms with Crippen molar-refractivity contribution in [3.05, 3.63) is 123 Å². The maximum atomic E-state index is 12.6. The van der Waals surface area contributed by atoms with E-state index in [0.29, 0.717) is 32.7 Å². The van der Waals surface area contributed by atoms with Crippen molar-refractivity contribution in [1.29, 1.82) is 0 Å². The maximum absolute atomic E-state index is 12.6. The van der Waals surface area contributed by atoms with E-state index < -0.39 is 0 Å². The number of thiazole rings is 1. The van der Waals surface area contributed by atoms with Crippen LogP contribution in [0.2, 0.25) is 10.0 Å². The van der Waals surface area contributed by atoms with E-state index in [9.17, 15) is 4.79 Å². The van der Waals surface area contributed by atoms with Crippen molar-refractivity contribution in [3.63, 3.8) is 0 Å². The number of hydrazone groups is 1. The van der Waals surface area contributed by atoms with E-state index in [2.05, 4.69) is 20.8 Å². The van der Waals surface area contributed by atoms with E-state index in [1.807, 2.05) is 66.0 Å². The fourth-order valence-corrected chi connectivity index (χ4v) is 5.09. The number of para-hydroxylation sites is 1. The monoisotopic (exact) mass is 602 g/mol. The highest BCUT2D eigenvalue weighted by Crippen LogP contribution is 2.36. The van der Waals surface area contributed by atoms with Gasteiger partial charge in [-0.2, -0.15) is 5.10 Å². The van der Waals surface area contributed by atoms with Crippen molar-refractivity contribution in [1.82, 2.24) is 10.4 Å². The summed E-state index contributed by atoms with van der Waals surface area (Å²) in [5.74, 6) is 0.489. The average molecular weight is 604 g/mol. The Balaban J connectivity index is 1.19. The maximum Gasteiger partial charge on any atom is 0.271 e. The zero-order chi connectivity index (χ0) is 28.6. The summed E-state index contributed by atoms with van der Waals surface area (Å²) >= 11 is 14.0. The SMILES string of the molecule is COc1cc(/C=N\NC(=O)c2ccc(-c3csc(Nc4ccccc4)n3)cc2)cc(Cl)c1OCc1cccc(Cl)c1. The lowest BCUT2D eigenvalue weighted by atomic mass is 10.1. The molecule has 206 valence electrons. The molecule has 5 aromatic rings. The van der Waals surface area contributed by atoms with Gasteiger partial charge in [-0.3, -0.25) is 4.79 Å². The normalized spacial score (nSPS) is 10.9. The van der Waals surface area contributed by atoms with Crippen molar-refractivity contribution in [3.8, 4) is 22.8 Å². The summed E-state index contributed by atoms with van der Waals surface area (Å²) in [7, 11) is 1.52. The Morgan fingerprint density at radius 1 is 1.00 bits per heavy atom. The zero-order valence-electron chi connectivity index (χ0n) is 21.8. The molecule has 1 amide bonds. The Kier molecular flexibility index (Phi) is 9.15. The van der Waals surface area contributed by atoms with Crippen molar-refractivity contribution >= 4 is 57.5 Å². The Morgan fingerprint density at radius 2 is 1.80 bits per heavy atom. The summed E-state index contributed by atoms with van der Waals surface area (Å²) in [6.45, 7) is 0.271. The number of anilines is 2. The van der Waals surface area contributed by atoms with Crippen LogP contribution in [0.3, 0.4) is 0 Å². The fraction of sp³-hybridized carbons (Fsp3) is 0.0645. The highest BCUT2D eigenvalue weighted by molar-refractivity contribution is 7.14. The summed E-state index contributed by atoms with van der Waals surface area (Å²) in [6, 6.07) is 27.8. The lowest BCUT2D eigenvalue weighted by Crippen LogP contribution is -2.17. The number of nitrogens with one attached hydrogen (secondary N) is 2. The van der Waals surface area contributed by atoms with Gasteiger partial charge in [-0.1, -0.05) is 65.7 Å². The van der Waals surface area contributed by atoms with Crippen LogP contribution in [0.15, 0.2) is 101 Å². The smallest absolute Gasteiger partial charge is 0.271 e. The van der Waals surface area contributed by atoms with Crippen LogP contribution in [0.4, 0.5) is 10.8 Å². The molecule has 0 unspecified atom stereocenters. The second kappa shape index (κ2) is 13.3. The number of hydrogen-bond donors (Lipinski definition) is 2. The molecule has 0 saturated carbocycles. The average Bonchev–Trinajstić information content (AvgIpc) is 3.45. The van der Waals surface area contributed by atoms with E-state index in [0.717, 1.165) is 27.6 Å². The van der Waals surface area contributed by atoms with Gasteiger partial charge in [-0.05, 0) is 59.7 Å². The summed E-state index contributed by atoms with van der Waals surface area (Å²) in [6.07, 6.45) is 1.48. The Morgan fingerprint density at radius 3 is 2.56 bits per heavy atom. The molecule has 0 atom stereocenters. The van der Waals surface area contributed by atoms with Gasteiger partial charge in [-0.25, -0.2) is 10.4 Å². The number of benzene rings is 4. The van der Waals surface area contributed by atoms with Gasteiger partial charge in [0.25, 0.3) is 5.91 Å². The van der Waals surface area contributed by atoms with Gasteiger partial charge in [-0.15, -0.1) is 11.3 Å². The number of aromatic nitrogens is 1. The van der Waals surface area contributed by atoms with Crippen LogP contribution in [0.25, 0.3) is 11.3 Å². The highest BCUT2D eigenvalue weighted by Gasteiger charge is 2.13. The molecule has 0 spiro atoms. The molecular weight excluding hydrogens is 579 g/mol. The summed E-state index contributed by atoms with van der Waals surface area (Å²) in [4.78, 5) is 17.3. The standard InChI is InChI=1S/C31H24Cl2N4O3S/c1-39-28-16-21(15-26(33)29(28)40-18-20-6-5-7-24(32)14-20)17-34-37-30(38)23-12-10-22(11-13-23)27-19-41-31(36-27)35-25-8-3-2-4-9-25/h2-17,19H,18H2,1H3,(H,35,36)(H,37,38)/b34-17-. The molecule has 7 nitrogen and oxygen atoms in total. The lowest BCUT2D eigenvalue weighted by molar-refractivity contribution is 0.0955. The first-order valence-electron chi connectivity index (χ1n) is 12.4. The van der Waals surface area contributed by atoms with Gasteiger partial charge in [0.05, 0.1) is 24.0 Å². The molecule has 0 saturated heterocycles. The fourth-order valence-electron chi connectivity index (χ4n) is 3.87. The van der Waals surface area contributed by atoms with Gasteiger partial charge < -0.3 is 14.8 Å². The molecule has 41 heavy (non-hydrogen) atoms. The molecule has 1 heterocycles. The number of methoxy groups -OCH3 is 1. The minimum absolute atomic E-state index is 0.271. The number of rotatable bonds is 10. The molecule has 5 rings (SSSR count). The van der Waals surface area contributed by atoms with Crippen molar-refractivity contribution in [2.45, 2.75) is 6.61 Å². The van der Waals surface area contributed by atoms with Crippen molar-refractivity contribution < 1.29 is 14.3 Å². The first-order valence-corrected chi connectivity index (χ1v) is 14.1. The van der Waals surface area contributed by atoms with Crippen LogP contribution < -0.4 is 20.2 Å². The predicted octanol–water partition coefficient (Wildman–Crippen LogP) is 8.21. The topological polar surface area (TPSA) is 84.8 Å².